The minimum Gasteiger partial charge on any atom is -0.462 e. The number of phosphoric acid groups is 2. The summed E-state index contributed by atoms with van der Waals surface area (Å²) in [4.78, 5) is 72.7. The first kappa shape index (κ1) is 92.1. The summed E-state index contributed by atoms with van der Waals surface area (Å²) in [7, 11) is -9.91. The van der Waals surface area contributed by atoms with E-state index >= 15 is 0 Å². The summed E-state index contributed by atoms with van der Waals surface area (Å²) in [6.07, 6.45) is 51.5. The number of hydrogen-bond donors (Lipinski definition) is 3. The van der Waals surface area contributed by atoms with Crippen LogP contribution in [0.2, 0.25) is 0 Å². The van der Waals surface area contributed by atoms with Crippen LogP contribution in [0.1, 0.15) is 382 Å². The van der Waals surface area contributed by atoms with E-state index in [1.165, 1.54) is 186 Å². The second-order valence-electron chi connectivity index (χ2n) is 28.2. The molecule has 6 atom stereocenters. The van der Waals surface area contributed by atoms with Gasteiger partial charge in [0.2, 0.25) is 0 Å². The maximum absolute atomic E-state index is 13.1. The van der Waals surface area contributed by atoms with E-state index in [1.807, 2.05) is 0 Å². The molecular weight excluding hydrogens is 1230 g/mol. The van der Waals surface area contributed by atoms with Crippen LogP contribution in [0.5, 0.6) is 0 Å². The Hall–Kier alpha value is -1.94. The van der Waals surface area contributed by atoms with E-state index in [0.717, 1.165) is 114 Å². The molecule has 0 aliphatic rings. The fraction of sp³-hybridized carbons (Fsp3) is 0.947. The highest BCUT2D eigenvalue weighted by Gasteiger charge is 2.30. The van der Waals surface area contributed by atoms with Crippen LogP contribution in [0, 0.1) is 17.8 Å². The first-order valence-corrected chi connectivity index (χ1v) is 41.9. The zero-order valence-electron chi connectivity index (χ0n) is 61.4. The Bertz CT molecular complexity index is 1840. The smallest absolute Gasteiger partial charge is 0.462 e. The van der Waals surface area contributed by atoms with Crippen molar-refractivity contribution in [3.05, 3.63) is 0 Å². The van der Waals surface area contributed by atoms with E-state index in [-0.39, 0.29) is 25.7 Å². The van der Waals surface area contributed by atoms with Gasteiger partial charge in [-0.3, -0.25) is 37.3 Å². The maximum Gasteiger partial charge on any atom is 0.472 e. The van der Waals surface area contributed by atoms with Crippen molar-refractivity contribution in [3.8, 4) is 0 Å². The molecule has 0 radical (unpaired) electrons. The minimum atomic E-state index is -4.96. The van der Waals surface area contributed by atoms with Crippen LogP contribution in [0.15, 0.2) is 0 Å². The number of phosphoric ester groups is 2. The van der Waals surface area contributed by atoms with Crippen LogP contribution >= 0.6 is 15.6 Å². The van der Waals surface area contributed by atoms with Gasteiger partial charge in [-0.05, 0) is 43.4 Å². The number of esters is 4. The molecule has 3 unspecified atom stereocenters. The lowest BCUT2D eigenvalue weighted by Gasteiger charge is -2.21. The average molecular weight is 1380 g/mol. The lowest BCUT2D eigenvalue weighted by atomic mass is 10.00. The molecule has 0 aromatic rings. The van der Waals surface area contributed by atoms with Gasteiger partial charge in [0.05, 0.1) is 26.4 Å². The quantitative estimate of drug-likeness (QED) is 0.0222. The molecule has 94 heavy (non-hydrogen) atoms. The summed E-state index contributed by atoms with van der Waals surface area (Å²) in [6, 6.07) is 0. The Kier molecular flexibility index (Phi) is 64.3. The normalized spacial score (nSPS) is 14.4. The number of unbranched alkanes of at least 4 members (excludes halogenated alkanes) is 40. The van der Waals surface area contributed by atoms with Gasteiger partial charge in [-0.1, -0.05) is 331 Å². The van der Waals surface area contributed by atoms with Gasteiger partial charge in [-0.25, -0.2) is 9.13 Å². The van der Waals surface area contributed by atoms with Crippen molar-refractivity contribution in [2.75, 3.05) is 39.6 Å². The van der Waals surface area contributed by atoms with Gasteiger partial charge in [-0.2, -0.15) is 0 Å². The number of aliphatic hydroxyl groups excluding tert-OH is 1. The van der Waals surface area contributed by atoms with Gasteiger partial charge in [-0.15, -0.1) is 0 Å². The van der Waals surface area contributed by atoms with Crippen LogP contribution in [0.25, 0.3) is 0 Å². The number of ether oxygens (including phenoxy) is 4. The molecule has 0 amide bonds. The van der Waals surface area contributed by atoms with Gasteiger partial charge in [0.1, 0.15) is 19.3 Å². The summed E-state index contributed by atoms with van der Waals surface area (Å²) in [5, 5.41) is 10.6. The van der Waals surface area contributed by atoms with E-state index in [9.17, 15) is 43.2 Å². The van der Waals surface area contributed by atoms with Gasteiger partial charge < -0.3 is 33.8 Å². The molecule has 17 nitrogen and oxygen atoms in total. The molecule has 19 heteroatoms. The molecule has 0 rings (SSSR count). The maximum atomic E-state index is 13.1. The van der Waals surface area contributed by atoms with E-state index in [0.29, 0.717) is 25.7 Å². The molecule has 0 aromatic carbocycles. The van der Waals surface area contributed by atoms with Crippen LogP contribution in [-0.2, 0) is 65.4 Å². The number of hydrogen-bond acceptors (Lipinski definition) is 15. The van der Waals surface area contributed by atoms with Crippen molar-refractivity contribution >= 4 is 39.5 Å². The molecule has 0 fully saturated rings. The van der Waals surface area contributed by atoms with Crippen LogP contribution in [0.3, 0.4) is 0 Å². The van der Waals surface area contributed by atoms with Crippen molar-refractivity contribution in [1.82, 2.24) is 0 Å². The second kappa shape index (κ2) is 65.7. The monoisotopic (exact) mass is 1380 g/mol. The summed E-state index contributed by atoms with van der Waals surface area (Å²) < 4.78 is 68.4. The van der Waals surface area contributed by atoms with Crippen molar-refractivity contribution in [1.29, 1.82) is 0 Å². The summed E-state index contributed by atoms with van der Waals surface area (Å²) >= 11 is 0. The molecule has 0 spiro atoms. The third-order valence-corrected chi connectivity index (χ3v) is 19.6. The Balaban J connectivity index is 5.21. The molecular formula is C75H146O17P2. The number of carbonyl (C=O) groups is 4. The molecule has 0 aliphatic carbocycles. The highest BCUT2D eigenvalue weighted by Crippen LogP contribution is 2.45. The summed E-state index contributed by atoms with van der Waals surface area (Å²) in [6.45, 7) is 11.8. The fourth-order valence-corrected chi connectivity index (χ4v) is 13.0. The average Bonchev–Trinajstić information content (AvgIpc) is 1.16. The Morgan fingerprint density at radius 3 is 0.809 bits per heavy atom. The number of rotatable bonds is 73. The van der Waals surface area contributed by atoms with E-state index < -0.39 is 97.5 Å². The van der Waals surface area contributed by atoms with E-state index in [1.54, 1.807) is 0 Å². The molecule has 0 bridgehead atoms. The highest BCUT2D eigenvalue weighted by atomic mass is 31.2. The predicted molar refractivity (Wildman–Crippen MR) is 381 cm³/mol. The summed E-state index contributed by atoms with van der Waals surface area (Å²) in [5.74, 6) is 0.0842. The predicted octanol–water partition coefficient (Wildman–Crippen LogP) is 21.8. The largest absolute Gasteiger partial charge is 0.472 e. The third-order valence-electron chi connectivity index (χ3n) is 17.7. The topological polar surface area (TPSA) is 237 Å². The van der Waals surface area contributed by atoms with Crippen molar-refractivity contribution in [2.24, 2.45) is 17.8 Å². The van der Waals surface area contributed by atoms with Crippen LogP contribution in [0.4, 0.5) is 0 Å². The van der Waals surface area contributed by atoms with Gasteiger partial charge >= 0.3 is 39.5 Å². The minimum absolute atomic E-state index is 0.103. The van der Waals surface area contributed by atoms with Gasteiger partial charge in [0.25, 0.3) is 0 Å². The molecule has 0 saturated heterocycles. The highest BCUT2D eigenvalue weighted by molar-refractivity contribution is 7.47. The second-order valence-corrected chi connectivity index (χ2v) is 31.1. The van der Waals surface area contributed by atoms with Crippen molar-refractivity contribution < 1.29 is 80.2 Å². The zero-order valence-corrected chi connectivity index (χ0v) is 63.2. The molecule has 3 N–H and O–H groups in total. The molecule has 558 valence electrons. The van der Waals surface area contributed by atoms with Gasteiger partial charge in [0, 0.05) is 25.7 Å². The standard InChI is InChI=1S/C75H146O17P2/c1-8-10-11-12-13-14-15-16-17-18-19-20-21-22-23-24-29-35-44-51-58-74(79)91-70(62-85-72(77)56-49-42-34-28-26-25-27-32-39-46-53-66(3)4)64-89-93(81,82)87-60-69(76)61-88-94(83,84)90-65-71(63-86-73(78)57-50-43-38-37-41-48-55-68(7)9-2)92-75(80)59-52-45-36-31-30-33-40-47-54-67(5)6/h66-71,76H,8-65H2,1-7H3,(H,81,82)(H,83,84)/t68?,69-,70-,71-/m1/s1. The van der Waals surface area contributed by atoms with Crippen molar-refractivity contribution in [3.63, 3.8) is 0 Å². The number of aliphatic hydroxyl groups is 1. The zero-order chi connectivity index (χ0) is 69.4. The molecule has 0 aliphatic heterocycles. The van der Waals surface area contributed by atoms with Gasteiger partial charge in [0.15, 0.2) is 12.2 Å². The first-order valence-electron chi connectivity index (χ1n) is 38.9. The molecule has 0 heterocycles. The van der Waals surface area contributed by atoms with Crippen LogP contribution in [-0.4, -0.2) is 96.7 Å². The summed E-state index contributed by atoms with van der Waals surface area (Å²) in [5.41, 5.74) is 0. The lowest BCUT2D eigenvalue weighted by Crippen LogP contribution is -2.30. The van der Waals surface area contributed by atoms with E-state index in [4.69, 9.17) is 37.0 Å². The molecule has 0 saturated carbocycles. The first-order chi connectivity index (χ1) is 45.3. The third kappa shape index (κ3) is 67.3. The van der Waals surface area contributed by atoms with Crippen LogP contribution < -0.4 is 0 Å². The molecule has 0 aromatic heterocycles. The Morgan fingerprint density at radius 2 is 0.543 bits per heavy atom. The van der Waals surface area contributed by atoms with E-state index in [2.05, 4.69) is 48.5 Å². The lowest BCUT2D eigenvalue weighted by molar-refractivity contribution is -0.161. The SMILES string of the molecule is CCCCCCCCCCCCCCCCCCCCCCC(=O)O[C@H](COC(=O)CCCCCCCCCCCCC(C)C)COP(=O)(O)OC[C@@H](O)COP(=O)(O)OC[C@@H](COC(=O)CCCCCCCCC(C)CC)OC(=O)CCCCCCCCCCC(C)C. The Labute approximate surface area is 575 Å². The number of carbonyl (C=O) groups excluding carboxylic acids is 4. The van der Waals surface area contributed by atoms with Crippen molar-refractivity contribution in [2.45, 2.75) is 401 Å². The Morgan fingerprint density at radius 1 is 0.309 bits per heavy atom. The fourth-order valence-electron chi connectivity index (χ4n) is 11.4.